The molecule has 0 aromatic heterocycles. The number of halogens is 1. The lowest BCUT2D eigenvalue weighted by molar-refractivity contribution is 0.159. The van der Waals surface area contributed by atoms with Crippen LogP contribution in [0.4, 0.5) is 5.69 Å². The monoisotopic (exact) mass is 265 g/mol. The van der Waals surface area contributed by atoms with Gasteiger partial charge in [0.2, 0.25) is 0 Å². The second-order valence-corrected chi connectivity index (χ2v) is 5.69. The van der Waals surface area contributed by atoms with Crippen molar-refractivity contribution in [3.8, 4) is 0 Å². The van der Waals surface area contributed by atoms with Gasteiger partial charge >= 0.3 is 0 Å². The standard InChI is InChI=1S/C14H20ClN3/c1-10-9-13(18-7-5-16-6-8-18)11-3-2-4-12(15)14(11)17-10/h2-4,10,13,16-17H,5-9H2,1H3. The largest absolute Gasteiger partial charge is 0.381 e. The first-order valence-electron chi connectivity index (χ1n) is 6.75. The summed E-state index contributed by atoms with van der Waals surface area (Å²) in [6.07, 6.45) is 1.16. The molecule has 2 atom stereocenters. The molecule has 4 heteroatoms. The maximum absolute atomic E-state index is 6.32. The third-order valence-electron chi connectivity index (χ3n) is 3.96. The first-order chi connectivity index (χ1) is 8.75. The summed E-state index contributed by atoms with van der Waals surface area (Å²) in [5, 5.41) is 7.79. The second kappa shape index (κ2) is 5.08. The van der Waals surface area contributed by atoms with Crippen molar-refractivity contribution in [3.05, 3.63) is 28.8 Å². The predicted octanol–water partition coefficient (Wildman–Crippen LogP) is 2.49. The van der Waals surface area contributed by atoms with E-state index in [1.807, 2.05) is 6.07 Å². The van der Waals surface area contributed by atoms with Gasteiger partial charge in [-0.1, -0.05) is 23.7 Å². The minimum atomic E-state index is 0.484. The topological polar surface area (TPSA) is 27.3 Å². The van der Waals surface area contributed by atoms with Gasteiger partial charge in [-0.3, -0.25) is 4.90 Å². The van der Waals surface area contributed by atoms with Crippen molar-refractivity contribution in [2.24, 2.45) is 0 Å². The molecule has 3 nitrogen and oxygen atoms in total. The van der Waals surface area contributed by atoms with Crippen molar-refractivity contribution in [2.45, 2.75) is 25.4 Å². The highest BCUT2D eigenvalue weighted by atomic mass is 35.5. The summed E-state index contributed by atoms with van der Waals surface area (Å²) in [6, 6.07) is 7.25. The molecule has 1 aromatic rings. The molecule has 0 saturated carbocycles. The van der Waals surface area contributed by atoms with E-state index in [4.69, 9.17) is 11.6 Å². The summed E-state index contributed by atoms with van der Waals surface area (Å²) < 4.78 is 0. The maximum Gasteiger partial charge on any atom is 0.0641 e. The number of piperazine rings is 1. The van der Waals surface area contributed by atoms with Crippen LogP contribution < -0.4 is 10.6 Å². The molecule has 3 rings (SSSR count). The molecular formula is C14H20ClN3. The summed E-state index contributed by atoms with van der Waals surface area (Å²) >= 11 is 6.32. The van der Waals surface area contributed by atoms with Crippen molar-refractivity contribution in [1.29, 1.82) is 0 Å². The number of hydrogen-bond acceptors (Lipinski definition) is 3. The van der Waals surface area contributed by atoms with Gasteiger partial charge in [0.25, 0.3) is 0 Å². The van der Waals surface area contributed by atoms with Gasteiger partial charge in [-0.15, -0.1) is 0 Å². The lowest BCUT2D eigenvalue weighted by Gasteiger charge is -2.41. The Morgan fingerprint density at radius 2 is 2.06 bits per heavy atom. The molecule has 0 bridgehead atoms. The molecule has 2 aliphatic heterocycles. The van der Waals surface area contributed by atoms with Gasteiger partial charge in [-0.05, 0) is 25.0 Å². The van der Waals surface area contributed by atoms with E-state index in [1.165, 1.54) is 5.56 Å². The number of benzene rings is 1. The van der Waals surface area contributed by atoms with Crippen molar-refractivity contribution in [3.63, 3.8) is 0 Å². The van der Waals surface area contributed by atoms with Crippen molar-refractivity contribution >= 4 is 17.3 Å². The van der Waals surface area contributed by atoms with Crippen LogP contribution in [-0.4, -0.2) is 37.1 Å². The zero-order valence-corrected chi connectivity index (χ0v) is 11.5. The highest BCUT2D eigenvalue weighted by molar-refractivity contribution is 6.33. The van der Waals surface area contributed by atoms with Gasteiger partial charge in [-0.25, -0.2) is 0 Å². The molecule has 2 heterocycles. The number of rotatable bonds is 1. The van der Waals surface area contributed by atoms with Crippen molar-refractivity contribution < 1.29 is 0 Å². The molecule has 1 fully saturated rings. The lowest BCUT2D eigenvalue weighted by Crippen LogP contribution is -2.47. The van der Waals surface area contributed by atoms with Crippen LogP contribution >= 0.6 is 11.6 Å². The molecule has 2 N–H and O–H groups in total. The van der Waals surface area contributed by atoms with Gasteiger partial charge in [0.05, 0.1) is 10.7 Å². The minimum Gasteiger partial charge on any atom is -0.381 e. The predicted molar refractivity (Wildman–Crippen MR) is 76.3 cm³/mol. The summed E-state index contributed by atoms with van der Waals surface area (Å²) in [4.78, 5) is 2.59. The summed E-state index contributed by atoms with van der Waals surface area (Å²) in [7, 11) is 0. The van der Waals surface area contributed by atoms with Crippen LogP contribution in [-0.2, 0) is 0 Å². The smallest absolute Gasteiger partial charge is 0.0641 e. The van der Waals surface area contributed by atoms with Crippen molar-refractivity contribution in [1.82, 2.24) is 10.2 Å². The van der Waals surface area contributed by atoms with Crippen LogP contribution in [0.5, 0.6) is 0 Å². The molecule has 2 aliphatic rings. The van der Waals surface area contributed by atoms with Gasteiger partial charge in [0, 0.05) is 38.3 Å². The minimum absolute atomic E-state index is 0.484. The fourth-order valence-electron chi connectivity index (χ4n) is 3.08. The number of hydrogen-bond donors (Lipinski definition) is 2. The zero-order valence-electron chi connectivity index (χ0n) is 10.7. The van der Waals surface area contributed by atoms with Crippen LogP contribution in [0.1, 0.15) is 24.9 Å². The normalized spacial score (nSPS) is 28.6. The molecule has 2 unspecified atom stereocenters. The average Bonchev–Trinajstić information content (AvgIpc) is 2.40. The Hall–Kier alpha value is -0.770. The average molecular weight is 266 g/mol. The molecule has 1 aromatic carbocycles. The molecule has 0 radical (unpaired) electrons. The van der Waals surface area contributed by atoms with E-state index in [0.29, 0.717) is 12.1 Å². The Morgan fingerprint density at radius 3 is 2.83 bits per heavy atom. The van der Waals surface area contributed by atoms with Crippen LogP contribution in [0.3, 0.4) is 0 Å². The summed E-state index contributed by atoms with van der Waals surface area (Å²) in [5.74, 6) is 0. The third kappa shape index (κ3) is 2.22. The van der Waals surface area contributed by atoms with Crippen LogP contribution in [0.25, 0.3) is 0 Å². The number of para-hydroxylation sites is 1. The Bertz CT molecular complexity index is 429. The fourth-order valence-corrected chi connectivity index (χ4v) is 3.31. The molecule has 98 valence electrons. The Morgan fingerprint density at radius 1 is 1.28 bits per heavy atom. The molecular weight excluding hydrogens is 246 g/mol. The van der Waals surface area contributed by atoms with Gasteiger partial charge < -0.3 is 10.6 Å². The molecule has 18 heavy (non-hydrogen) atoms. The quantitative estimate of drug-likeness (QED) is 0.817. The summed E-state index contributed by atoms with van der Waals surface area (Å²) in [6.45, 7) is 6.68. The molecule has 0 spiro atoms. The molecule has 1 saturated heterocycles. The second-order valence-electron chi connectivity index (χ2n) is 5.29. The SMILES string of the molecule is CC1CC(N2CCNCC2)c2cccc(Cl)c2N1. The number of anilines is 1. The first kappa shape index (κ1) is 12.3. The lowest BCUT2D eigenvalue weighted by atomic mass is 9.92. The van der Waals surface area contributed by atoms with E-state index < -0.39 is 0 Å². The van der Waals surface area contributed by atoms with Crippen LogP contribution in [0, 0.1) is 0 Å². The van der Waals surface area contributed by atoms with Crippen molar-refractivity contribution in [2.75, 3.05) is 31.5 Å². The number of nitrogens with zero attached hydrogens (tertiary/aromatic N) is 1. The van der Waals surface area contributed by atoms with Gasteiger partial charge in [0.1, 0.15) is 0 Å². The van der Waals surface area contributed by atoms with Crippen LogP contribution in [0.15, 0.2) is 18.2 Å². The highest BCUT2D eigenvalue weighted by Crippen LogP contribution is 2.40. The number of nitrogens with one attached hydrogen (secondary N) is 2. The maximum atomic E-state index is 6.32. The third-order valence-corrected chi connectivity index (χ3v) is 4.28. The van der Waals surface area contributed by atoms with E-state index in [0.717, 1.165) is 43.3 Å². The fraction of sp³-hybridized carbons (Fsp3) is 0.571. The Labute approximate surface area is 114 Å². The number of fused-ring (bicyclic) bond motifs is 1. The van der Waals surface area contributed by atoms with Gasteiger partial charge in [-0.2, -0.15) is 0 Å². The van der Waals surface area contributed by atoms with E-state index >= 15 is 0 Å². The molecule has 0 aliphatic carbocycles. The van der Waals surface area contributed by atoms with Gasteiger partial charge in [0.15, 0.2) is 0 Å². The molecule has 0 amide bonds. The van der Waals surface area contributed by atoms with Crippen LogP contribution in [0.2, 0.25) is 5.02 Å². The zero-order chi connectivity index (χ0) is 12.5. The summed E-state index contributed by atoms with van der Waals surface area (Å²) in [5.41, 5.74) is 2.50. The van der Waals surface area contributed by atoms with E-state index in [-0.39, 0.29) is 0 Å². The van der Waals surface area contributed by atoms with E-state index in [9.17, 15) is 0 Å². The van der Waals surface area contributed by atoms with E-state index in [2.05, 4.69) is 34.6 Å². The van der Waals surface area contributed by atoms with E-state index in [1.54, 1.807) is 0 Å². The Balaban J connectivity index is 1.94. The highest BCUT2D eigenvalue weighted by Gasteiger charge is 2.30. The Kier molecular flexibility index (Phi) is 3.46. The first-order valence-corrected chi connectivity index (χ1v) is 7.13.